The van der Waals surface area contributed by atoms with E-state index in [9.17, 15) is 46.0 Å². The molecule has 11 nitrogen and oxygen atoms in total. The molecule has 234 valence electrons. The molecule has 11 heteroatoms. The standard InChI is InChI=1S/C34H32O11/c35-15-25-29(41)30(42)31(43)34(44-25)28-24(40)13-18(4-1-16-2-7-20(36)8-3-16)26-27(19-11-22(38)14-23(39)12-19)32(45-33(26)28)17-5-9-21(37)10-6-17/h1-14,25,27,29-32,34-43H,15H2/b4-1+/t25-,27+,29-,30+,31-,32-,34+/m0/s1. The number of rotatable bonds is 6. The van der Waals surface area contributed by atoms with E-state index < -0.39 is 49.1 Å². The fourth-order valence-corrected chi connectivity index (χ4v) is 6.08. The van der Waals surface area contributed by atoms with Gasteiger partial charge in [0.2, 0.25) is 0 Å². The summed E-state index contributed by atoms with van der Waals surface area (Å²) in [6, 6.07) is 18.2. The summed E-state index contributed by atoms with van der Waals surface area (Å²) in [5.41, 5.74) is 2.63. The van der Waals surface area contributed by atoms with Crippen molar-refractivity contribution in [2.24, 2.45) is 0 Å². The minimum absolute atomic E-state index is 0.0120. The first-order chi connectivity index (χ1) is 21.5. The fraction of sp³-hybridized carbons (Fsp3) is 0.235. The normalized spacial score (nSPS) is 26.1. The van der Waals surface area contributed by atoms with Crippen molar-refractivity contribution in [2.75, 3.05) is 6.61 Å². The van der Waals surface area contributed by atoms with Crippen molar-refractivity contribution in [3.05, 3.63) is 106 Å². The fourth-order valence-electron chi connectivity index (χ4n) is 6.08. The molecule has 9 N–H and O–H groups in total. The van der Waals surface area contributed by atoms with Crippen LogP contribution in [0.1, 0.15) is 51.5 Å². The van der Waals surface area contributed by atoms with Crippen LogP contribution in [0.2, 0.25) is 0 Å². The lowest BCUT2D eigenvalue weighted by Crippen LogP contribution is -2.55. The second-order valence-electron chi connectivity index (χ2n) is 11.2. The average Bonchev–Trinajstić information content (AvgIpc) is 3.41. The Bertz CT molecular complexity index is 1700. The highest BCUT2D eigenvalue weighted by molar-refractivity contribution is 5.77. The van der Waals surface area contributed by atoms with Crippen molar-refractivity contribution in [3.63, 3.8) is 0 Å². The molecule has 0 radical (unpaired) electrons. The average molecular weight is 617 g/mol. The lowest BCUT2D eigenvalue weighted by molar-refractivity contribution is -0.232. The Morgan fingerprint density at radius 2 is 1.22 bits per heavy atom. The first-order valence-corrected chi connectivity index (χ1v) is 14.2. The van der Waals surface area contributed by atoms with E-state index in [0.29, 0.717) is 22.3 Å². The summed E-state index contributed by atoms with van der Waals surface area (Å²) in [6.07, 6.45) is -5.18. The number of phenolic OH excluding ortho intramolecular Hbond substituents is 5. The summed E-state index contributed by atoms with van der Waals surface area (Å²) in [4.78, 5) is 0. The van der Waals surface area contributed by atoms with Crippen LogP contribution in [0.3, 0.4) is 0 Å². The highest BCUT2D eigenvalue weighted by Crippen LogP contribution is 2.57. The van der Waals surface area contributed by atoms with Gasteiger partial charge in [0, 0.05) is 11.6 Å². The highest BCUT2D eigenvalue weighted by atomic mass is 16.5. The maximum atomic E-state index is 11.5. The SMILES string of the molecule is OC[C@@H]1O[C@H](c2c(O)cc(/C=C/c3ccc(O)cc3)c3c2O[C@@H](c2ccc(O)cc2)[C@@H]3c2cc(O)cc(O)c2)[C@@H](O)[C@H](O)[C@H]1O. The molecule has 2 heterocycles. The van der Waals surface area contributed by atoms with E-state index in [-0.39, 0.29) is 40.1 Å². The van der Waals surface area contributed by atoms with Crippen LogP contribution in [0, 0.1) is 0 Å². The van der Waals surface area contributed by atoms with E-state index in [4.69, 9.17) is 9.47 Å². The van der Waals surface area contributed by atoms with Gasteiger partial charge >= 0.3 is 0 Å². The van der Waals surface area contributed by atoms with Gasteiger partial charge < -0.3 is 55.4 Å². The molecule has 6 rings (SSSR count). The van der Waals surface area contributed by atoms with E-state index in [0.717, 1.165) is 5.56 Å². The van der Waals surface area contributed by atoms with Gasteiger partial charge in [-0.2, -0.15) is 0 Å². The number of benzene rings is 4. The lowest BCUT2D eigenvalue weighted by atomic mass is 9.80. The summed E-state index contributed by atoms with van der Waals surface area (Å²) in [5, 5.41) is 93.9. The second-order valence-corrected chi connectivity index (χ2v) is 11.2. The minimum atomic E-state index is -1.73. The largest absolute Gasteiger partial charge is 0.508 e. The molecule has 0 aliphatic carbocycles. The Kier molecular flexibility index (Phi) is 8.04. The molecule has 45 heavy (non-hydrogen) atoms. The summed E-state index contributed by atoms with van der Waals surface area (Å²) in [7, 11) is 0. The summed E-state index contributed by atoms with van der Waals surface area (Å²) >= 11 is 0. The smallest absolute Gasteiger partial charge is 0.135 e. The van der Waals surface area contributed by atoms with Gasteiger partial charge in [-0.05, 0) is 64.7 Å². The molecule has 0 unspecified atom stereocenters. The molecule has 4 aromatic carbocycles. The third-order valence-electron chi connectivity index (χ3n) is 8.26. The van der Waals surface area contributed by atoms with Crippen molar-refractivity contribution < 1.29 is 55.4 Å². The summed E-state index contributed by atoms with van der Waals surface area (Å²) < 4.78 is 12.4. The van der Waals surface area contributed by atoms with E-state index >= 15 is 0 Å². The van der Waals surface area contributed by atoms with E-state index in [2.05, 4.69) is 0 Å². The predicted octanol–water partition coefficient (Wildman–Crippen LogP) is 3.17. The number of aromatic hydroxyl groups is 5. The number of hydrogen-bond acceptors (Lipinski definition) is 11. The number of aliphatic hydroxyl groups is 4. The van der Waals surface area contributed by atoms with Gasteiger partial charge in [0.25, 0.3) is 0 Å². The van der Waals surface area contributed by atoms with Crippen LogP contribution in [-0.4, -0.2) is 77.0 Å². The van der Waals surface area contributed by atoms with Crippen LogP contribution < -0.4 is 4.74 Å². The predicted molar refractivity (Wildman–Crippen MR) is 161 cm³/mol. The molecule has 0 saturated carbocycles. The summed E-state index contributed by atoms with van der Waals surface area (Å²) in [6.45, 7) is -0.681. The van der Waals surface area contributed by atoms with Gasteiger partial charge in [0.1, 0.15) is 71.1 Å². The van der Waals surface area contributed by atoms with Crippen molar-refractivity contribution in [3.8, 4) is 34.5 Å². The van der Waals surface area contributed by atoms with Crippen LogP contribution in [0.25, 0.3) is 12.2 Å². The molecule has 1 fully saturated rings. The molecular weight excluding hydrogens is 584 g/mol. The van der Waals surface area contributed by atoms with Crippen LogP contribution in [-0.2, 0) is 4.74 Å². The quantitative estimate of drug-likeness (QED) is 0.144. The zero-order valence-electron chi connectivity index (χ0n) is 23.7. The first-order valence-electron chi connectivity index (χ1n) is 14.2. The zero-order valence-corrected chi connectivity index (χ0v) is 23.7. The van der Waals surface area contributed by atoms with Crippen molar-refractivity contribution in [2.45, 2.75) is 42.5 Å². The van der Waals surface area contributed by atoms with Crippen LogP contribution in [0.4, 0.5) is 0 Å². The number of aliphatic hydroxyl groups excluding tert-OH is 4. The topological polar surface area (TPSA) is 201 Å². The monoisotopic (exact) mass is 616 g/mol. The Labute approximate surface area is 257 Å². The maximum Gasteiger partial charge on any atom is 0.135 e. The van der Waals surface area contributed by atoms with Gasteiger partial charge in [-0.1, -0.05) is 36.4 Å². The first kappa shape index (κ1) is 30.3. The Morgan fingerprint density at radius 3 is 1.84 bits per heavy atom. The van der Waals surface area contributed by atoms with Gasteiger partial charge in [0.05, 0.1) is 18.1 Å². The molecule has 7 atom stereocenters. The van der Waals surface area contributed by atoms with E-state index in [1.807, 2.05) is 0 Å². The van der Waals surface area contributed by atoms with Gasteiger partial charge in [-0.25, -0.2) is 0 Å². The third kappa shape index (κ3) is 5.63. The van der Waals surface area contributed by atoms with Crippen molar-refractivity contribution >= 4 is 12.2 Å². The molecule has 4 aromatic rings. The number of fused-ring (bicyclic) bond motifs is 1. The van der Waals surface area contributed by atoms with Crippen molar-refractivity contribution in [1.82, 2.24) is 0 Å². The molecule has 0 amide bonds. The molecular formula is C34H32O11. The van der Waals surface area contributed by atoms with Crippen LogP contribution in [0.15, 0.2) is 72.8 Å². The Hall–Kier alpha value is -4.78. The molecule has 0 spiro atoms. The lowest BCUT2D eigenvalue weighted by Gasteiger charge is -2.40. The van der Waals surface area contributed by atoms with Crippen molar-refractivity contribution in [1.29, 1.82) is 0 Å². The van der Waals surface area contributed by atoms with Gasteiger partial charge in [0.15, 0.2) is 0 Å². The Balaban J connectivity index is 1.60. The number of ether oxygens (including phenoxy) is 2. The maximum absolute atomic E-state index is 11.5. The minimum Gasteiger partial charge on any atom is -0.508 e. The third-order valence-corrected chi connectivity index (χ3v) is 8.26. The second kappa shape index (κ2) is 12.0. The zero-order chi connectivity index (χ0) is 32.0. The van der Waals surface area contributed by atoms with E-state index in [1.165, 1.54) is 48.5 Å². The highest BCUT2D eigenvalue weighted by Gasteiger charge is 2.49. The van der Waals surface area contributed by atoms with Crippen LogP contribution >= 0.6 is 0 Å². The molecule has 2 aliphatic rings. The molecule has 0 aromatic heterocycles. The van der Waals surface area contributed by atoms with Gasteiger partial charge in [-0.3, -0.25) is 0 Å². The molecule has 1 saturated heterocycles. The van der Waals surface area contributed by atoms with Gasteiger partial charge in [-0.15, -0.1) is 0 Å². The van der Waals surface area contributed by atoms with E-state index in [1.54, 1.807) is 36.4 Å². The Morgan fingerprint density at radius 1 is 0.600 bits per heavy atom. The van der Waals surface area contributed by atoms with Crippen LogP contribution in [0.5, 0.6) is 34.5 Å². The number of phenols is 5. The number of hydrogen-bond donors (Lipinski definition) is 9. The summed E-state index contributed by atoms with van der Waals surface area (Å²) in [5.74, 6) is -1.36. The molecule has 0 bridgehead atoms. The molecule has 2 aliphatic heterocycles.